The number of fused-ring (bicyclic) bond motifs is 9. The first-order valence-electron chi connectivity index (χ1n) is 16.6. The van der Waals surface area contributed by atoms with Crippen LogP contribution in [-0.2, 0) is 0 Å². The largest absolute Gasteiger partial charge is 0.452 e. The van der Waals surface area contributed by atoms with E-state index in [1.165, 1.54) is 37.9 Å². The molecule has 0 spiro atoms. The van der Waals surface area contributed by atoms with Crippen molar-refractivity contribution in [2.75, 3.05) is 0 Å². The maximum atomic E-state index is 6.62. The molecule has 3 heteroatoms. The molecule has 2 heterocycles. The zero-order valence-electron chi connectivity index (χ0n) is 26.5. The van der Waals surface area contributed by atoms with E-state index >= 15 is 0 Å². The van der Waals surface area contributed by atoms with Crippen molar-refractivity contribution in [3.8, 4) is 44.9 Å². The summed E-state index contributed by atoms with van der Waals surface area (Å²) in [5.74, 6) is 0.670. The van der Waals surface area contributed by atoms with Crippen molar-refractivity contribution in [3.05, 3.63) is 170 Å². The van der Waals surface area contributed by atoms with Gasteiger partial charge in [0.2, 0.25) is 0 Å². The van der Waals surface area contributed by atoms with Crippen LogP contribution in [0, 0.1) is 0 Å². The number of benzene rings is 8. The molecule has 8 aromatic carbocycles. The molecule has 228 valence electrons. The van der Waals surface area contributed by atoms with Gasteiger partial charge in [0.15, 0.2) is 11.4 Å². The standard InChI is InChI=1S/C46H28N2O/c1-3-13-29(14-4-1)31-25-26-41-40(28-31)44-45(49-41)43(47-46(48-44)30-15-5-2-6-16-30)33-18-11-17-32(27-33)34-23-12-24-39-37-20-8-7-19-35(37)36-21-9-10-22-38(36)42(34)39/h1-28H. The summed E-state index contributed by atoms with van der Waals surface area (Å²) < 4.78 is 6.62. The number of aromatic nitrogens is 2. The summed E-state index contributed by atoms with van der Waals surface area (Å²) >= 11 is 0. The van der Waals surface area contributed by atoms with E-state index in [9.17, 15) is 0 Å². The van der Waals surface area contributed by atoms with Crippen molar-refractivity contribution in [2.24, 2.45) is 0 Å². The molecule has 0 saturated carbocycles. The maximum Gasteiger partial charge on any atom is 0.180 e. The summed E-state index contributed by atoms with van der Waals surface area (Å²) in [5.41, 5.74) is 9.59. The molecule has 0 saturated heterocycles. The third-order valence-corrected chi connectivity index (χ3v) is 9.67. The molecule has 0 unspecified atom stereocenters. The molecule has 0 atom stereocenters. The van der Waals surface area contributed by atoms with E-state index in [4.69, 9.17) is 14.4 Å². The van der Waals surface area contributed by atoms with E-state index in [0.29, 0.717) is 11.4 Å². The molecule has 0 aliphatic heterocycles. The Balaban J connectivity index is 1.23. The highest BCUT2D eigenvalue weighted by Crippen LogP contribution is 2.42. The van der Waals surface area contributed by atoms with Crippen molar-refractivity contribution >= 4 is 54.4 Å². The van der Waals surface area contributed by atoms with Crippen LogP contribution >= 0.6 is 0 Å². The molecule has 10 rings (SSSR count). The molecule has 49 heavy (non-hydrogen) atoms. The Morgan fingerprint density at radius 1 is 0.367 bits per heavy atom. The molecule has 0 radical (unpaired) electrons. The Bertz CT molecular complexity index is 2830. The van der Waals surface area contributed by atoms with Gasteiger partial charge in [-0.3, -0.25) is 0 Å². The second kappa shape index (κ2) is 11.0. The van der Waals surface area contributed by atoms with Crippen molar-refractivity contribution in [3.63, 3.8) is 0 Å². The number of hydrogen-bond acceptors (Lipinski definition) is 3. The average Bonchev–Trinajstić information content (AvgIpc) is 3.56. The van der Waals surface area contributed by atoms with Crippen LogP contribution in [0.3, 0.4) is 0 Å². The lowest BCUT2D eigenvalue weighted by Gasteiger charge is -2.15. The van der Waals surface area contributed by atoms with Gasteiger partial charge in [-0.1, -0.05) is 152 Å². The quantitative estimate of drug-likeness (QED) is 0.183. The first kappa shape index (κ1) is 27.5. The molecule has 3 nitrogen and oxygen atoms in total. The van der Waals surface area contributed by atoms with Crippen molar-refractivity contribution in [1.82, 2.24) is 9.97 Å². The Morgan fingerprint density at radius 3 is 1.67 bits per heavy atom. The Morgan fingerprint density at radius 2 is 0.939 bits per heavy atom. The van der Waals surface area contributed by atoms with Crippen molar-refractivity contribution < 1.29 is 4.42 Å². The lowest BCUT2D eigenvalue weighted by Crippen LogP contribution is -1.94. The fraction of sp³-hybridized carbons (Fsp3) is 0. The van der Waals surface area contributed by atoms with Gasteiger partial charge < -0.3 is 4.42 Å². The fourth-order valence-electron chi connectivity index (χ4n) is 7.40. The van der Waals surface area contributed by atoms with Gasteiger partial charge in [-0.15, -0.1) is 0 Å². The van der Waals surface area contributed by atoms with Crippen LogP contribution in [0.5, 0.6) is 0 Å². The molecular formula is C46H28N2O. The van der Waals surface area contributed by atoms with Crippen LogP contribution in [0.4, 0.5) is 0 Å². The lowest BCUT2D eigenvalue weighted by atomic mass is 9.89. The monoisotopic (exact) mass is 624 g/mol. The van der Waals surface area contributed by atoms with E-state index in [2.05, 4.69) is 140 Å². The van der Waals surface area contributed by atoms with Gasteiger partial charge in [-0.05, 0) is 72.8 Å². The van der Waals surface area contributed by atoms with E-state index in [0.717, 1.165) is 50.0 Å². The first-order chi connectivity index (χ1) is 24.3. The fourth-order valence-corrected chi connectivity index (χ4v) is 7.40. The van der Waals surface area contributed by atoms with Gasteiger partial charge in [0, 0.05) is 16.5 Å². The van der Waals surface area contributed by atoms with Crippen molar-refractivity contribution in [1.29, 1.82) is 0 Å². The minimum atomic E-state index is 0.670. The van der Waals surface area contributed by atoms with Gasteiger partial charge >= 0.3 is 0 Å². The summed E-state index contributed by atoms with van der Waals surface area (Å²) in [5, 5.41) is 8.52. The molecule has 0 aliphatic carbocycles. The maximum absolute atomic E-state index is 6.62. The lowest BCUT2D eigenvalue weighted by molar-refractivity contribution is 0.667. The minimum Gasteiger partial charge on any atom is -0.452 e. The first-order valence-corrected chi connectivity index (χ1v) is 16.6. The summed E-state index contributed by atoms with van der Waals surface area (Å²) in [4.78, 5) is 10.3. The molecular weight excluding hydrogens is 597 g/mol. The average molecular weight is 625 g/mol. The van der Waals surface area contributed by atoms with Gasteiger partial charge in [-0.2, -0.15) is 0 Å². The Labute approximate surface area is 282 Å². The van der Waals surface area contributed by atoms with E-state index in [-0.39, 0.29) is 0 Å². The minimum absolute atomic E-state index is 0.670. The van der Waals surface area contributed by atoms with E-state index in [1.54, 1.807) is 0 Å². The molecule has 0 fully saturated rings. The number of nitrogens with zero attached hydrogens (tertiary/aromatic N) is 2. The number of hydrogen-bond donors (Lipinski definition) is 0. The van der Waals surface area contributed by atoms with Crippen LogP contribution in [-0.4, -0.2) is 9.97 Å². The van der Waals surface area contributed by atoms with Crippen LogP contribution in [0.2, 0.25) is 0 Å². The number of rotatable bonds is 4. The van der Waals surface area contributed by atoms with Crippen LogP contribution in [0.25, 0.3) is 99.3 Å². The molecule has 0 N–H and O–H groups in total. The van der Waals surface area contributed by atoms with Crippen LogP contribution < -0.4 is 0 Å². The smallest absolute Gasteiger partial charge is 0.180 e. The highest BCUT2D eigenvalue weighted by molar-refractivity contribution is 6.28. The molecule has 0 amide bonds. The second-order valence-corrected chi connectivity index (χ2v) is 12.5. The van der Waals surface area contributed by atoms with E-state index < -0.39 is 0 Å². The van der Waals surface area contributed by atoms with E-state index in [1.807, 2.05) is 30.3 Å². The van der Waals surface area contributed by atoms with Crippen LogP contribution in [0.1, 0.15) is 0 Å². The Hall–Kier alpha value is -6.58. The zero-order valence-corrected chi connectivity index (χ0v) is 26.5. The summed E-state index contributed by atoms with van der Waals surface area (Å²) in [6, 6.07) is 59.8. The molecule has 10 aromatic rings. The van der Waals surface area contributed by atoms with Crippen molar-refractivity contribution in [2.45, 2.75) is 0 Å². The predicted octanol–water partition coefficient (Wildman–Crippen LogP) is 12.5. The highest BCUT2D eigenvalue weighted by atomic mass is 16.3. The van der Waals surface area contributed by atoms with Gasteiger partial charge in [0.1, 0.15) is 16.8 Å². The summed E-state index contributed by atoms with van der Waals surface area (Å²) in [6.07, 6.45) is 0. The third kappa shape index (κ3) is 4.44. The zero-order chi connectivity index (χ0) is 32.3. The second-order valence-electron chi connectivity index (χ2n) is 12.5. The normalized spacial score (nSPS) is 11.7. The molecule has 2 aromatic heterocycles. The Kier molecular flexibility index (Phi) is 6.18. The predicted molar refractivity (Wildman–Crippen MR) is 204 cm³/mol. The highest BCUT2D eigenvalue weighted by Gasteiger charge is 2.20. The molecule has 0 bridgehead atoms. The summed E-state index contributed by atoms with van der Waals surface area (Å²) in [7, 11) is 0. The third-order valence-electron chi connectivity index (χ3n) is 9.67. The van der Waals surface area contributed by atoms with Gasteiger partial charge in [-0.25, -0.2) is 9.97 Å². The molecule has 0 aliphatic rings. The summed E-state index contributed by atoms with van der Waals surface area (Å²) in [6.45, 7) is 0. The number of furan rings is 1. The van der Waals surface area contributed by atoms with Gasteiger partial charge in [0.25, 0.3) is 0 Å². The topological polar surface area (TPSA) is 38.9 Å². The SMILES string of the molecule is c1ccc(-c2ccc3oc4c(-c5cccc(-c6cccc7c8ccccc8c8ccccc8c67)c5)nc(-c5ccccc5)nc4c3c2)cc1. The van der Waals surface area contributed by atoms with Crippen LogP contribution in [0.15, 0.2) is 174 Å². The van der Waals surface area contributed by atoms with Gasteiger partial charge in [0.05, 0.1) is 0 Å².